The van der Waals surface area contributed by atoms with Gasteiger partial charge in [-0.1, -0.05) is 59.3 Å². The quantitative estimate of drug-likeness (QED) is 0.187. The van der Waals surface area contributed by atoms with Crippen LogP contribution >= 0.6 is 47.2 Å². The van der Waals surface area contributed by atoms with Gasteiger partial charge in [-0.25, -0.2) is 4.79 Å². The third-order valence-corrected chi connectivity index (χ3v) is 8.79. The molecule has 1 amide bonds. The number of morpholine rings is 1. The molecule has 0 unspecified atom stereocenters. The highest BCUT2D eigenvalue weighted by molar-refractivity contribution is 8.26. The first-order chi connectivity index (χ1) is 20.8. The molecule has 0 bridgehead atoms. The van der Waals surface area contributed by atoms with Crippen molar-refractivity contribution in [2.24, 2.45) is 0 Å². The van der Waals surface area contributed by atoms with E-state index in [-0.39, 0.29) is 24.6 Å². The van der Waals surface area contributed by atoms with Crippen LogP contribution in [0.15, 0.2) is 65.6 Å². The number of benzene rings is 3. The molecule has 0 saturated carbocycles. The monoisotopic (exact) mass is 658 g/mol. The fourth-order valence-corrected chi connectivity index (χ4v) is 6.39. The Morgan fingerprint density at radius 2 is 1.74 bits per heavy atom. The molecule has 224 valence electrons. The second kappa shape index (κ2) is 14.6. The number of halogens is 2. The van der Waals surface area contributed by atoms with Crippen LogP contribution < -0.4 is 9.47 Å². The molecule has 0 aromatic heterocycles. The van der Waals surface area contributed by atoms with Crippen molar-refractivity contribution >= 4 is 69.5 Å². The zero-order valence-corrected chi connectivity index (χ0v) is 26.1. The molecule has 0 spiro atoms. The summed E-state index contributed by atoms with van der Waals surface area (Å²) in [5.41, 5.74) is 2.55. The molecule has 3 aromatic rings. The van der Waals surface area contributed by atoms with Crippen LogP contribution in [0.5, 0.6) is 11.5 Å². The van der Waals surface area contributed by atoms with Crippen molar-refractivity contribution < 1.29 is 28.9 Å². The zero-order valence-electron chi connectivity index (χ0n) is 23.0. The van der Waals surface area contributed by atoms with E-state index in [9.17, 15) is 9.59 Å². The van der Waals surface area contributed by atoms with Crippen molar-refractivity contribution in [3.63, 3.8) is 0 Å². The van der Waals surface area contributed by atoms with Gasteiger partial charge in [0.2, 0.25) is 0 Å². The van der Waals surface area contributed by atoms with E-state index in [1.54, 1.807) is 30.3 Å². The Labute approximate surface area is 269 Å². The lowest BCUT2D eigenvalue weighted by molar-refractivity contribution is -0.122. The van der Waals surface area contributed by atoms with Gasteiger partial charge in [0.05, 0.1) is 30.2 Å². The van der Waals surface area contributed by atoms with Crippen molar-refractivity contribution in [1.29, 1.82) is 0 Å². The van der Waals surface area contributed by atoms with Crippen LogP contribution in [0.2, 0.25) is 10.0 Å². The number of hydrogen-bond acceptors (Lipinski definition) is 8. The first-order valence-electron chi connectivity index (χ1n) is 13.5. The van der Waals surface area contributed by atoms with Gasteiger partial charge in [-0.15, -0.1) is 0 Å². The van der Waals surface area contributed by atoms with Gasteiger partial charge in [0.15, 0.2) is 0 Å². The van der Waals surface area contributed by atoms with Crippen LogP contribution in [0, 0.1) is 0 Å². The fourth-order valence-electron chi connectivity index (χ4n) is 4.58. The summed E-state index contributed by atoms with van der Waals surface area (Å²) in [6.45, 7) is 4.83. The standard InChI is InChI=1S/C31H28Cl2N2O6S2/c32-23-4-7-25(26(33)19-23)21-3-8-27(41-15-11-34-9-13-39-14-10-34)22(17-21)18-28-29(36)35(31(42)43-28)12-16-40-24-5-1-20(2-6-24)30(37)38/h1-8,17-19H,9-16H2,(H,37,38)/b28-18-. The second-order valence-electron chi connectivity index (χ2n) is 9.69. The summed E-state index contributed by atoms with van der Waals surface area (Å²) >= 11 is 19.4. The van der Waals surface area contributed by atoms with Crippen LogP contribution in [0.3, 0.4) is 0 Å². The highest BCUT2D eigenvalue weighted by atomic mass is 35.5. The Kier molecular flexibility index (Phi) is 10.6. The van der Waals surface area contributed by atoms with Crippen LogP contribution in [0.1, 0.15) is 15.9 Å². The van der Waals surface area contributed by atoms with Crippen molar-refractivity contribution in [3.8, 4) is 22.6 Å². The van der Waals surface area contributed by atoms with Crippen LogP contribution in [0.4, 0.5) is 0 Å². The molecular formula is C31H28Cl2N2O6S2. The van der Waals surface area contributed by atoms with E-state index in [0.717, 1.165) is 36.3 Å². The number of carbonyl (C=O) groups is 2. The van der Waals surface area contributed by atoms with Gasteiger partial charge >= 0.3 is 5.97 Å². The number of carbonyl (C=O) groups excluding carboxylic acids is 1. The Hall–Kier alpha value is -3.12. The fraction of sp³-hybridized carbons (Fsp3) is 0.258. The number of amides is 1. The molecule has 5 rings (SSSR count). The largest absolute Gasteiger partial charge is 0.492 e. The molecule has 2 saturated heterocycles. The third kappa shape index (κ3) is 8.08. The van der Waals surface area contributed by atoms with Crippen molar-refractivity contribution in [2.45, 2.75) is 0 Å². The van der Waals surface area contributed by atoms with Gasteiger partial charge in [0.25, 0.3) is 5.91 Å². The van der Waals surface area contributed by atoms with Gasteiger partial charge in [-0.3, -0.25) is 14.6 Å². The molecule has 2 aliphatic rings. The topological polar surface area (TPSA) is 88.5 Å². The summed E-state index contributed by atoms with van der Waals surface area (Å²) in [5, 5.41) is 10.1. The lowest BCUT2D eigenvalue weighted by atomic mass is 10.0. The average Bonchev–Trinajstić information content (AvgIpc) is 3.26. The van der Waals surface area contributed by atoms with Crippen molar-refractivity contribution in [1.82, 2.24) is 9.80 Å². The Morgan fingerprint density at radius 3 is 2.47 bits per heavy atom. The Bertz CT molecular complexity index is 1540. The number of aromatic carboxylic acids is 1. The second-order valence-corrected chi connectivity index (χ2v) is 12.2. The lowest BCUT2D eigenvalue weighted by Crippen LogP contribution is -2.38. The molecule has 2 fully saturated rings. The normalized spacial score (nSPS) is 16.6. The summed E-state index contributed by atoms with van der Waals surface area (Å²) in [4.78, 5) is 28.7. The van der Waals surface area contributed by atoms with Crippen LogP contribution in [-0.2, 0) is 9.53 Å². The number of thioether (sulfide) groups is 1. The van der Waals surface area contributed by atoms with Gasteiger partial charge in [-0.05, 0) is 60.2 Å². The summed E-state index contributed by atoms with van der Waals surface area (Å²) in [7, 11) is 0. The maximum absolute atomic E-state index is 13.4. The first kappa shape index (κ1) is 31.3. The Morgan fingerprint density at radius 1 is 1.00 bits per heavy atom. The van der Waals surface area contributed by atoms with Crippen molar-refractivity contribution in [2.75, 3.05) is 52.6 Å². The molecule has 0 aliphatic carbocycles. The minimum atomic E-state index is -1.01. The number of nitrogens with zero attached hydrogens (tertiary/aromatic N) is 2. The van der Waals surface area contributed by atoms with Crippen LogP contribution in [-0.4, -0.2) is 83.7 Å². The molecule has 8 nitrogen and oxygen atoms in total. The number of hydrogen-bond donors (Lipinski definition) is 1. The predicted molar refractivity (Wildman–Crippen MR) is 173 cm³/mol. The van der Waals surface area contributed by atoms with E-state index in [4.69, 9.17) is 54.7 Å². The van der Waals surface area contributed by atoms with Crippen molar-refractivity contribution in [3.05, 3.63) is 86.7 Å². The SMILES string of the molecule is O=C(O)c1ccc(OCCN2C(=O)/C(=C/c3cc(-c4ccc(Cl)cc4Cl)ccc3OCCN3CCOCC3)SC2=S)cc1. The smallest absolute Gasteiger partial charge is 0.335 e. The minimum absolute atomic E-state index is 0.168. The van der Waals surface area contributed by atoms with E-state index < -0.39 is 5.97 Å². The average molecular weight is 660 g/mol. The van der Waals surface area contributed by atoms with Crippen LogP contribution in [0.25, 0.3) is 17.2 Å². The number of rotatable bonds is 11. The lowest BCUT2D eigenvalue weighted by Gasteiger charge is -2.26. The molecule has 0 radical (unpaired) electrons. The van der Waals surface area contributed by atoms with Gasteiger partial charge < -0.3 is 19.3 Å². The zero-order chi connectivity index (χ0) is 30.3. The maximum atomic E-state index is 13.4. The summed E-state index contributed by atoms with van der Waals surface area (Å²) < 4.78 is 17.8. The first-order valence-corrected chi connectivity index (χ1v) is 15.5. The van der Waals surface area contributed by atoms with Gasteiger partial charge in [0, 0.05) is 40.8 Å². The Balaban J connectivity index is 1.32. The highest BCUT2D eigenvalue weighted by Gasteiger charge is 2.32. The molecular weight excluding hydrogens is 631 g/mol. The number of carboxylic acid groups (broad SMARTS) is 1. The van der Waals surface area contributed by atoms with Gasteiger partial charge in [0.1, 0.15) is 29.0 Å². The number of carboxylic acids is 1. The molecule has 3 aromatic carbocycles. The predicted octanol–water partition coefficient (Wildman–Crippen LogP) is 6.35. The van der Waals surface area contributed by atoms with Gasteiger partial charge in [-0.2, -0.15) is 0 Å². The van der Waals surface area contributed by atoms with E-state index in [1.165, 1.54) is 28.8 Å². The molecule has 1 N–H and O–H groups in total. The molecule has 0 atom stereocenters. The summed E-state index contributed by atoms with van der Waals surface area (Å²) in [6.07, 6.45) is 1.79. The van der Waals surface area contributed by atoms with E-state index in [1.807, 2.05) is 24.3 Å². The summed E-state index contributed by atoms with van der Waals surface area (Å²) in [6, 6.07) is 17.2. The highest BCUT2D eigenvalue weighted by Crippen LogP contribution is 2.37. The van der Waals surface area contributed by atoms with E-state index >= 15 is 0 Å². The van der Waals surface area contributed by atoms with E-state index in [0.29, 0.717) is 50.6 Å². The third-order valence-electron chi connectivity index (χ3n) is 6.87. The summed E-state index contributed by atoms with van der Waals surface area (Å²) in [5.74, 6) is -0.0968. The number of ether oxygens (including phenoxy) is 3. The molecule has 2 aliphatic heterocycles. The molecule has 43 heavy (non-hydrogen) atoms. The van der Waals surface area contributed by atoms with E-state index in [2.05, 4.69) is 4.90 Å². The molecule has 12 heteroatoms. The number of thiocarbonyl (C=S) groups is 1. The minimum Gasteiger partial charge on any atom is -0.492 e. The maximum Gasteiger partial charge on any atom is 0.335 e. The molecule has 2 heterocycles.